The van der Waals surface area contributed by atoms with Gasteiger partial charge < -0.3 is 10.2 Å². The number of rotatable bonds is 6. The lowest BCUT2D eigenvalue weighted by Crippen LogP contribution is -2.38. The maximum absolute atomic E-state index is 11.8. The van der Waals surface area contributed by atoms with Gasteiger partial charge in [0.25, 0.3) is 0 Å². The first kappa shape index (κ1) is 18.6. The number of amides is 1. The van der Waals surface area contributed by atoms with Gasteiger partial charge in [0.2, 0.25) is 5.91 Å². The van der Waals surface area contributed by atoms with Gasteiger partial charge in [-0.25, -0.2) is 0 Å². The summed E-state index contributed by atoms with van der Waals surface area (Å²) in [7, 11) is 2.18. The van der Waals surface area contributed by atoms with E-state index in [1.807, 2.05) is 26.0 Å². The standard InChI is InChI=1S/C18H27ClN2OS/c1-13(2)20-18(22)12-23-11-15-10-21(3)9-8-17(15)14-4-6-16(19)7-5-14/h4-7,13,15,17H,8-12H2,1-3H3,(H,20,22)/t15-,17+/m1/s1. The zero-order chi connectivity index (χ0) is 16.8. The van der Waals surface area contributed by atoms with E-state index in [1.165, 1.54) is 12.0 Å². The van der Waals surface area contributed by atoms with Gasteiger partial charge in [-0.1, -0.05) is 23.7 Å². The molecule has 23 heavy (non-hydrogen) atoms. The van der Waals surface area contributed by atoms with E-state index in [-0.39, 0.29) is 11.9 Å². The van der Waals surface area contributed by atoms with Crippen molar-refractivity contribution >= 4 is 29.3 Å². The predicted molar refractivity (Wildman–Crippen MR) is 100 cm³/mol. The number of carbonyl (C=O) groups excluding carboxylic acids is 1. The number of nitrogens with zero attached hydrogens (tertiary/aromatic N) is 1. The molecule has 2 rings (SSSR count). The van der Waals surface area contributed by atoms with Crippen LogP contribution in [0.4, 0.5) is 0 Å². The fraction of sp³-hybridized carbons (Fsp3) is 0.611. The molecule has 128 valence electrons. The first-order valence-corrected chi connectivity index (χ1v) is 9.80. The highest BCUT2D eigenvalue weighted by Crippen LogP contribution is 2.35. The molecule has 0 aliphatic carbocycles. The maximum atomic E-state index is 11.8. The summed E-state index contributed by atoms with van der Waals surface area (Å²) < 4.78 is 0. The molecule has 5 heteroatoms. The van der Waals surface area contributed by atoms with Gasteiger partial charge in [-0.05, 0) is 69.1 Å². The van der Waals surface area contributed by atoms with Gasteiger partial charge in [0.1, 0.15) is 0 Å². The molecule has 0 unspecified atom stereocenters. The van der Waals surface area contributed by atoms with Gasteiger partial charge in [-0.3, -0.25) is 4.79 Å². The SMILES string of the molecule is CC(C)NC(=O)CSC[C@H]1CN(C)CC[C@H]1c1ccc(Cl)cc1. The highest BCUT2D eigenvalue weighted by atomic mass is 35.5. The van der Waals surface area contributed by atoms with Crippen molar-refractivity contribution in [1.82, 2.24) is 10.2 Å². The van der Waals surface area contributed by atoms with Crippen molar-refractivity contribution in [2.24, 2.45) is 5.92 Å². The van der Waals surface area contributed by atoms with E-state index in [9.17, 15) is 4.79 Å². The lowest BCUT2D eigenvalue weighted by molar-refractivity contribution is -0.119. The zero-order valence-electron chi connectivity index (χ0n) is 14.2. The summed E-state index contributed by atoms with van der Waals surface area (Å²) in [5, 5.41) is 3.74. The van der Waals surface area contributed by atoms with Gasteiger partial charge >= 0.3 is 0 Å². The van der Waals surface area contributed by atoms with Crippen LogP contribution in [0.3, 0.4) is 0 Å². The quantitative estimate of drug-likeness (QED) is 0.846. The van der Waals surface area contributed by atoms with Crippen LogP contribution in [0.25, 0.3) is 0 Å². The van der Waals surface area contributed by atoms with Crippen molar-refractivity contribution in [3.8, 4) is 0 Å². The number of halogens is 1. The van der Waals surface area contributed by atoms with Crippen LogP contribution in [0.5, 0.6) is 0 Å². The number of thioether (sulfide) groups is 1. The summed E-state index contributed by atoms with van der Waals surface area (Å²) in [6.07, 6.45) is 1.17. The Hall–Kier alpha value is -0.710. The molecular formula is C18H27ClN2OS. The smallest absolute Gasteiger partial charge is 0.230 e. The van der Waals surface area contributed by atoms with Crippen LogP contribution < -0.4 is 5.32 Å². The van der Waals surface area contributed by atoms with Crippen molar-refractivity contribution in [3.63, 3.8) is 0 Å². The molecule has 1 fully saturated rings. The third-order valence-corrected chi connectivity index (χ3v) is 5.63. The molecule has 1 aliphatic rings. The molecule has 1 N–H and O–H groups in total. The van der Waals surface area contributed by atoms with Crippen LogP contribution in [0.15, 0.2) is 24.3 Å². The van der Waals surface area contributed by atoms with Crippen molar-refractivity contribution in [2.75, 3.05) is 31.6 Å². The Balaban J connectivity index is 1.92. The third kappa shape index (κ3) is 6.02. The van der Waals surface area contributed by atoms with E-state index in [1.54, 1.807) is 11.8 Å². The number of piperidine rings is 1. The predicted octanol–water partition coefficient (Wildman–Crippen LogP) is 3.63. The molecule has 0 bridgehead atoms. The molecule has 1 amide bonds. The number of nitrogens with one attached hydrogen (secondary N) is 1. The summed E-state index contributed by atoms with van der Waals surface area (Å²) in [5.41, 5.74) is 1.37. The van der Waals surface area contributed by atoms with Crippen LogP contribution in [-0.4, -0.2) is 48.5 Å². The second-order valence-electron chi connectivity index (χ2n) is 6.71. The van der Waals surface area contributed by atoms with Crippen molar-refractivity contribution in [2.45, 2.75) is 32.2 Å². The normalized spacial score (nSPS) is 22.3. The average Bonchev–Trinajstić information content (AvgIpc) is 2.48. The highest BCUT2D eigenvalue weighted by Gasteiger charge is 2.28. The van der Waals surface area contributed by atoms with Crippen LogP contribution >= 0.6 is 23.4 Å². The molecule has 1 aromatic rings. The molecule has 0 saturated carbocycles. The number of hydrogen-bond donors (Lipinski definition) is 1. The molecule has 2 atom stereocenters. The Morgan fingerprint density at radius 2 is 2.09 bits per heavy atom. The number of hydrogen-bond acceptors (Lipinski definition) is 3. The van der Waals surface area contributed by atoms with Crippen molar-refractivity contribution in [1.29, 1.82) is 0 Å². The Bertz CT molecular complexity index is 506. The van der Waals surface area contributed by atoms with Crippen molar-refractivity contribution in [3.05, 3.63) is 34.9 Å². The summed E-state index contributed by atoms with van der Waals surface area (Å²) >= 11 is 7.76. The Labute approximate surface area is 149 Å². The lowest BCUT2D eigenvalue weighted by atomic mass is 9.81. The number of benzene rings is 1. The van der Waals surface area contributed by atoms with Gasteiger partial charge in [-0.2, -0.15) is 11.8 Å². The minimum Gasteiger partial charge on any atom is -0.353 e. The third-order valence-electron chi connectivity index (χ3n) is 4.25. The molecule has 1 aliphatic heterocycles. The molecule has 0 spiro atoms. The second kappa shape index (κ2) is 8.95. The summed E-state index contributed by atoms with van der Waals surface area (Å²) in [6.45, 7) is 6.21. The number of likely N-dealkylation sites (tertiary alicyclic amines) is 1. The largest absolute Gasteiger partial charge is 0.353 e. The monoisotopic (exact) mass is 354 g/mol. The van der Waals surface area contributed by atoms with E-state index < -0.39 is 0 Å². The van der Waals surface area contributed by atoms with E-state index in [0.717, 1.165) is 23.9 Å². The minimum atomic E-state index is 0.136. The molecule has 3 nitrogen and oxygen atoms in total. The fourth-order valence-corrected chi connectivity index (χ4v) is 4.35. The molecule has 1 aromatic carbocycles. The van der Waals surface area contributed by atoms with E-state index in [2.05, 4.69) is 29.4 Å². The van der Waals surface area contributed by atoms with Gasteiger partial charge in [-0.15, -0.1) is 0 Å². The molecule has 1 heterocycles. The first-order chi connectivity index (χ1) is 11.0. The fourth-order valence-electron chi connectivity index (χ4n) is 3.20. The second-order valence-corrected chi connectivity index (χ2v) is 8.17. The lowest BCUT2D eigenvalue weighted by Gasteiger charge is -2.37. The van der Waals surface area contributed by atoms with E-state index >= 15 is 0 Å². The first-order valence-electron chi connectivity index (χ1n) is 8.27. The molecule has 0 aromatic heterocycles. The topological polar surface area (TPSA) is 32.3 Å². The van der Waals surface area contributed by atoms with Gasteiger partial charge in [0.05, 0.1) is 5.75 Å². The summed E-state index contributed by atoms with van der Waals surface area (Å²) in [4.78, 5) is 14.2. The van der Waals surface area contributed by atoms with Gasteiger partial charge in [0, 0.05) is 17.6 Å². The van der Waals surface area contributed by atoms with E-state index in [4.69, 9.17) is 11.6 Å². The Morgan fingerprint density at radius 1 is 1.39 bits per heavy atom. The minimum absolute atomic E-state index is 0.136. The van der Waals surface area contributed by atoms with Crippen LogP contribution in [0, 0.1) is 5.92 Å². The highest BCUT2D eigenvalue weighted by molar-refractivity contribution is 7.99. The average molecular weight is 355 g/mol. The van der Waals surface area contributed by atoms with Crippen LogP contribution in [-0.2, 0) is 4.79 Å². The zero-order valence-corrected chi connectivity index (χ0v) is 15.8. The van der Waals surface area contributed by atoms with Crippen LogP contribution in [0.1, 0.15) is 31.7 Å². The Kier molecular flexibility index (Phi) is 7.25. The molecule has 1 saturated heterocycles. The summed E-state index contributed by atoms with van der Waals surface area (Å²) in [5.74, 6) is 2.84. The summed E-state index contributed by atoms with van der Waals surface area (Å²) in [6, 6.07) is 8.49. The maximum Gasteiger partial charge on any atom is 0.230 e. The van der Waals surface area contributed by atoms with Crippen molar-refractivity contribution < 1.29 is 4.79 Å². The Morgan fingerprint density at radius 3 is 2.74 bits per heavy atom. The van der Waals surface area contributed by atoms with Gasteiger partial charge in [0.15, 0.2) is 0 Å². The number of carbonyl (C=O) groups is 1. The van der Waals surface area contributed by atoms with E-state index in [0.29, 0.717) is 17.6 Å². The molecule has 0 radical (unpaired) electrons. The molecular weight excluding hydrogens is 328 g/mol. The van der Waals surface area contributed by atoms with Crippen LogP contribution in [0.2, 0.25) is 5.02 Å².